The molecule has 1 unspecified atom stereocenters. The summed E-state index contributed by atoms with van der Waals surface area (Å²) in [5, 5.41) is 0. The van der Waals surface area contributed by atoms with Crippen LogP contribution in [0.3, 0.4) is 0 Å². The second-order valence-corrected chi connectivity index (χ2v) is 8.94. The molecule has 32 heavy (non-hydrogen) atoms. The Kier molecular flexibility index (Phi) is 9.05. The molecule has 0 saturated heterocycles. The van der Waals surface area contributed by atoms with Crippen LogP contribution in [0.25, 0.3) is 11.3 Å². The highest BCUT2D eigenvalue weighted by Gasteiger charge is 2.18. The SMILES string of the molecule is CCCCCC(c1ccccc1)N(C)Cc1ccc(-c2c(CC)cccc2CC)nc1C. The first-order valence-corrected chi connectivity index (χ1v) is 12.4. The van der Waals surface area contributed by atoms with Crippen LogP contribution in [-0.2, 0) is 19.4 Å². The second-order valence-electron chi connectivity index (χ2n) is 8.94. The molecule has 170 valence electrons. The van der Waals surface area contributed by atoms with Crippen molar-refractivity contribution in [3.05, 3.63) is 88.6 Å². The lowest BCUT2D eigenvalue weighted by Crippen LogP contribution is -2.25. The summed E-state index contributed by atoms with van der Waals surface area (Å²) in [6.07, 6.45) is 7.08. The molecule has 2 heteroatoms. The fourth-order valence-corrected chi connectivity index (χ4v) is 4.75. The maximum atomic E-state index is 5.09. The van der Waals surface area contributed by atoms with Crippen molar-refractivity contribution in [2.45, 2.75) is 78.8 Å². The predicted molar refractivity (Wildman–Crippen MR) is 138 cm³/mol. The number of unbranched alkanes of at least 4 members (excludes halogenated alkanes) is 2. The Bertz CT molecular complexity index is 955. The van der Waals surface area contributed by atoms with Crippen LogP contribution in [-0.4, -0.2) is 16.9 Å². The number of benzene rings is 2. The quantitative estimate of drug-likeness (QED) is 0.288. The fourth-order valence-electron chi connectivity index (χ4n) is 4.75. The average molecular weight is 429 g/mol. The molecule has 3 aromatic rings. The van der Waals surface area contributed by atoms with Crippen LogP contribution >= 0.6 is 0 Å². The Hall–Kier alpha value is -2.45. The van der Waals surface area contributed by atoms with Gasteiger partial charge in [-0.05, 0) is 61.6 Å². The van der Waals surface area contributed by atoms with Gasteiger partial charge in [0.1, 0.15) is 0 Å². The summed E-state index contributed by atoms with van der Waals surface area (Å²) in [6, 6.07) is 22.6. The lowest BCUT2D eigenvalue weighted by atomic mass is 9.94. The highest BCUT2D eigenvalue weighted by atomic mass is 15.1. The van der Waals surface area contributed by atoms with Gasteiger partial charge in [-0.1, -0.05) is 94.6 Å². The van der Waals surface area contributed by atoms with Crippen LogP contribution < -0.4 is 0 Å². The molecule has 0 spiro atoms. The molecule has 1 heterocycles. The first-order valence-electron chi connectivity index (χ1n) is 12.4. The monoisotopic (exact) mass is 428 g/mol. The molecule has 1 aromatic heterocycles. The van der Waals surface area contributed by atoms with E-state index in [0.717, 1.165) is 30.8 Å². The van der Waals surface area contributed by atoms with Crippen LogP contribution in [0.2, 0.25) is 0 Å². The van der Waals surface area contributed by atoms with Gasteiger partial charge in [-0.3, -0.25) is 9.88 Å². The summed E-state index contributed by atoms with van der Waals surface area (Å²) in [5.74, 6) is 0. The Morgan fingerprint density at radius 1 is 0.781 bits per heavy atom. The zero-order valence-corrected chi connectivity index (χ0v) is 20.7. The molecule has 2 nitrogen and oxygen atoms in total. The summed E-state index contributed by atoms with van der Waals surface area (Å²) in [7, 11) is 2.26. The van der Waals surface area contributed by atoms with Crippen molar-refractivity contribution < 1.29 is 0 Å². The summed E-state index contributed by atoms with van der Waals surface area (Å²) >= 11 is 0. The van der Waals surface area contributed by atoms with Gasteiger partial charge in [0.2, 0.25) is 0 Å². The van der Waals surface area contributed by atoms with Gasteiger partial charge >= 0.3 is 0 Å². The molecule has 0 saturated carbocycles. The van der Waals surface area contributed by atoms with Gasteiger partial charge in [-0.2, -0.15) is 0 Å². The molecule has 0 aliphatic carbocycles. The molecular weight excluding hydrogens is 388 g/mol. The van der Waals surface area contributed by atoms with Crippen molar-refractivity contribution in [1.82, 2.24) is 9.88 Å². The van der Waals surface area contributed by atoms with Crippen molar-refractivity contribution in [2.75, 3.05) is 7.05 Å². The van der Waals surface area contributed by atoms with Gasteiger partial charge in [0.05, 0.1) is 5.69 Å². The van der Waals surface area contributed by atoms with Crippen molar-refractivity contribution in [3.63, 3.8) is 0 Å². The van der Waals surface area contributed by atoms with E-state index < -0.39 is 0 Å². The number of pyridine rings is 1. The van der Waals surface area contributed by atoms with Crippen molar-refractivity contribution in [1.29, 1.82) is 0 Å². The standard InChI is InChI=1S/C30H40N2/c1-6-9-11-19-29(26-15-12-10-13-16-26)32(5)22-27-20-21-28(31-23(27)4)30-24(7-2)17-14-18-25(30)8-3/h10,12-18,20-21,29H,6-9,11,19,22H2,1-5H3. The van der Waals surface area contributed by atoms with Gasteiger partial charge in [0.15, 0.2) is 0 Å². The lowest BCUT2D eigenvalue weighted by Gasteiger charge is -2.29. The first kappa shape index (κ1) is 24.2. The minimum Gasteiger partial charge on any atom is -0.295 e. The van der Waals surface area contributed by atoms with E-state index in [9.17, 15) is 0 Å². The lowest BCUT2D eigenvalue weighted by molar-refractivity contribution is 0.219. The van der Waals surface area contributed by atoms with E-state index in [2.05, 4.69) is 100 Å². The summed E-state index contributed by atoms with van der Waals surface area (Å²) in [6.45, 7) is 9.83. The van der Waals surface area contributed by atoms with E-state index in [0.29, 0.717) is 6.04 Å². The number of hydrogen-bond donors (Lipinski definition) is 0. The first-order chi connectivity index (χ1) is 15.6. The van der Waals surface area contributed by atoms with Crippen LogP contribution in [0.1, 0.15) is 80.4 Å². The van der Waals surface area contributed by atoms with E-state index >= 15 is 0 Å². The van der Waals surface area contributed by atoms with E-state index in [1.807, 2.05) is 0 Å². The fraction of sp³-hybridized carbons (Fsp3) is 0.433. The van der Waals surface area contributed by atoms with E-state index in [-0.39, 0.29) is 0 Å². The van der Waals surface area contributed by atoms with E-state index in [1.165, 1.54) is 53.5 Å². The third kappa shape index (κ3) is 5.86. The number of nitrogens with zero attached hydrogens (tertiary/aromatic N) is 2. The highest BCUT2D eigenvalue weighted by molar-refractivity contribution is 5.68. The van der Waals surface area contributed by atoms with Crippen LogP contribution in [0.5, 0.6) is 0 Å². The zero-order chi connectivity index (χ0) is 22.9. The molecular formula is C30H40N2. The minimum absolute atomic E-state index is 0.439. The predicted octanol–water partition coefficient (Wildman–Crippen LogP) is 7.94. The summed E-state index contributed by atoms with van der Waals surface area (Å²) < 4.78 is 0. The van der Waals surface area contributed by atoms with Crippen molar-refractivity contribution in [3.8, 4) is 11.3 Å². The van der Waals surface area contributed by atoms with E-state index in [1.54, 1.807) is 0 Å². The van der Waals surface area contributed by atoms with Crippen LogP contribution in [0.4, 0.5) is 0 Å². The van der Waals surface area contributed by atoms with E-state index in [4.69, 9.17) is 4.98 Å². The largest absolute Gasteiger partial charge is 0.295 e. The molecule has 1 atom stereocenters. The van der Waals surface area contributed by atoms with Gasteiger partial charge in [-0.25, -0.2) is 0 Å². The van der Waals surface area contributed by atoms with Crippen LogP contribution in [0.15, 0.2) is 60.7 Å². The maximum Gasteiger partial charge on any atom is 0.0710 e. The van der Waals surface area contributed by atoms with Crippen LogP contribution in [0, 0.1) is 6.92 Å². The maximum absolute atomic E-state index is 5.09. The molecule has 3 rings (SSSR count). The molecule has 0 aliphatic heterocycles. The summed E-state index contributed by atoms with van der Waals surface area (Å²) in [4.78, 5) is 7.60. The molecule has 0 N–H and O–H groups in total. The Balaban J connectivity index is 1.85. The average Bonchev–Trinajstić information content (AvgIpc) is 2.83. The third-order valence-corrected chi connectivity index (χ3v) is 6.67. The topological polar surface area (TPSA) is 16.1 Å². The molecule has 0 amide bonds. The van der Waals surface area contributed by atoms with Crippen molar-refractivity contribution in [2.24, 2.45) is 0 Å². The smallest absolute Gasteiger partial charge is 0.0710 e. The molecule has 0 radical (unpaired) electrons. The van der Waals surface area contributed by atoms with Gasteiger partial charge in [-0.15, -0.1) is 0 Å². The van der Waals surface area contributed by atoms with Gasteiger partial charge in [0, 0.05) is 23.8 Å². The molecule has 2 aromatic carbocycles. The van der Waals surface area contributed by atoms with Gasteiger partial charge < -0.3 is 0 Å². The highest BCUT2D eigenvalue weighted by Crippen LogP contribution is 2.30. The molecule has 0 bridgehead atoms. The van der Waals surface area contributed by atoms with Crippen molar-refractivity contribution >= 4 is 0 Å². The Morgan fingerprint density at radius 2 is 1.47 bits per heavy atom. The number of aromatic nitrogens is 1. The Morgan fingerprint density at radius 3 is 2.06 bits per heavy atom. The number of aryl methyl sites for hydroxylation is 3. The molecule has 0 aliphatic rings. The Labute approximate surface area is 195 Å². The zero-order valence-electron chi connectivity index (χ0n) is 20.7. The third-order valence-electron chi connectivity index (χ3n) is 6.67. The minimum atomic E-state index is 0.439. The summed E-state index contributed by atoms with van der Waals surface area (Å²) in [5.41, 5.74) is 9.11. The normalized spacial score (nSPS) is 12.3. The number of rotatable bonds is 11. The van der Waals surface area contributed by atoms with Gasteiger partial charge in [0.25, 0.3) is 0 Å². The number of hydrogen-bond acceptors (Lipinski definition) is 2. The second kappa shape index (κ2) is 12.0. The molecule has 0 fully saturated rings.